The minimum absolute atomic E-state index is 0.163. The molecule has 0 aliphatic carbocycles. The lowest BCUT2D eigenvalue weighted by Crippen LogP contribution is -2.48. The molecule has 1 amide bonds. The lowest BCUT2D eigenvalue weighted by Gasteiger charge is -2.44. The monoisotopic (exact) mass is 427 g/mol. The number of aromatic nitrogens is 1. The number of likely N-dealkylation sites (N-methyl/N-ethyl adjacent to an activating group) is 1. The molecule has 1 spiro atoms. The molecule has 0 bridgehead atoms. The first-order valence-corrected chi connectivity index (χ1v) is 12.0. The van der Waals surface area contributed by atoms with Gasteiger partial charge in [0.05, 0.1) is 11.2 Å². The molecule has 3 heterocycles. The standard InChI is InChI=1S/C24H33N3O2S/c1-19-22(30-18-25-19)23(28)27-13-11-24(12-14-27)10-6-5-8-20-7-3-4-9-21(20)29-16-15-26(2)17-24/h3-4,7,9,18H,5-6,8,10-17H2,1-2H3. The topological polar surface area (TPSA) is 45.7 Å². The second kappa shape index (κ2) is 9.48. The number of piperidine rings is 1. The molecule has 162 valence electrons. The van der Waals surface area contributed by atoms with Crippen LogP contribution in [-0.2, 0) is 6.42 Å². The van der Waals surface area contributed by atoms with Crippen molar-refractivity contribution in [3.8, 4) is 5.75 Å². The number of ether oxygens (including phenoxy) is 1. The van der Waals surface area contributed by atoms with E-state index in [1.54, 1.807) is 5.51 Å². The molecule has 0 atom stereocenters. The molecule has 1 fully saturated rings. The zero-order valence-corrected chi connectivity index (χ0v) is 19.0. The summed E-state index contributed by atoms with van der Waals surface area (Å²) in [5, 5.41) is 0. The zero-order valence-electron chi connectivity index (χ0n) is 18.2. The number of hydrogen-bond donors (Lipinski definition) is 0. The van der Waals surface area contributed by atoms with Crippen molar-refractivity contribution in [2.75, 3.05) is 39.8 Å². The molecule has 30 heavy (non-hydrogen) atoms. The van der Waals surface area contributed by atoms with Gasteiger partial charge in [0.2, 0.25) is 0 Å². The minimum Gasteiger partial charge on any atom is -0.492 e. The third kappa shape index (κ3) is 4.86. The summed E-state index contributed by atoms with van der Waals surface area (Å²) >= 11 is 1.46. The number of benzene rings is 1. The van der Waals surface area contributed by atoms with Crippen LogP contribution in [0.25, 0.3) is 0 Å². The van der Waals surface area contributed by atoms with Crippen molar-refractivity contribution < 1.29 is 9.53 Å². The predicted molar refractivity (Wildman–Crippen MR) is 121 cm³/mol. The van der Waals surface area contributed by atoms with Gasteiger partial charge in [-0.1, -0.05) is 24.6 Å². The number of hydrogen-bond acceptors (Lipinski definition) is 5. The Morgan fingerprint density at radius 3 is 2.70 bits per heavy atom. The highest BCUT2D eigenvalue weighted by atomic mass is 32.1. The van der Waals surface area contributed by atoms with Gasteiger partial charge in [0.15, 0.2) is 0 Å². The first-order chi connectivity index (χ1) is 14.6. The number of aryl methyl sites for hydroxylation is 2. The maximum Gasteiger partial charge on any atom is 0.265 e. The van der Waals surface area contributed by atoms with E-state index >= 15 is 0 Å². The Morgan fingerprint density at radius 2 is 1.93 bits per heavy atom. The van der Waals surface area contributed by atoms with Crippen LogP contribution in [0.5, 0.6) is 5.75 Å². The molecule has 1 aromatic heterocycles. The van der Waals surface area contributed by atoms with Gasteiger partial charge in [-0.3, -0.25) is 4.79 Å². The number of rotatable bonds is 1. The van der Waals surface area contributed by atoms with E-state index in [4.69, 9.17) is 4.74 Å². The summed E-state index contributed by atoms with van der Waals surface area (Å²) in [5.41, 5.74) is 4.26. The van der Waals surface area contributed by atoms with Crippen LogP contribution >= 0.6 is 11.3 Å². The van der Waals surface area contributed by atoms with Crippen molar-refractivity contribution in [3.05, 3.63) is 45.9 Å². The van der Waals surface area contributed by atoms with Gasteiger partial charge in [-0.05, 0) is 63.1 Å². The molecule has 2 aliphatic heterocycles. The van der Waals surface area contributed by atoms with Gasteiger partial charge in [-0.25, -0.2) is 4.98 Å². The Morgan fingerprint density at radius 1 is 1.13 bits per heavy atom. The summed E-state index contributed by atoms with van der Waals surface area (Å²) in [6.45, 7) is 6.36. The van der Waals surface area contributed by atoms with Crippen molar-refractivity contribution >= 4 is 17.2 Å². The van der Waals surface area contributed by atoms with Crippen LogP contribution in [0.2, 0.25) is 0 Å². The molecule has 6 heteroatoms. The average Bonchev–Trinajstić information content (AvgIpc) is 3.17. The third-order valence-electron chi connectivity index (χ3n) is 6.76. The van der Waals surface area contributed by atoms with Crippen LogP contribution in [0.15, 0.2) is 29.8 Å². The maximum absolute atomic E-state index is 12.9. The van der Waals surface area contributed by atoms with Gasteiger partial charge in [0.25, 0.3) is 5.91 Å². The fourth-order valence-corrected chi connectivity index (χ4v) is 5.72. The van der Waals surface area contributed by atoms with E-state index in [0.29, 0.717) is 5.41 Å². The van der Waals surface area contributed by atoms with Crippen LogP contribution < -0.4 is 4.74 Å². The van der Waals surface area contributed by atoms with Gasteiger partial charge in [0.1, 0.15) is 17.2 Å². The summed E-state index contributed by atoms with van der Waals surface area (Å²) < 4.78 is 6.11. The van der Waals surface area contributed by atoms with Crippen molar-refractivity contribution in [2.24, 2.45) is 5.41 Å². The minimum atomic E-state index is 0.163. The van der Waals surface area contributed by atoms with Crippen LogP contribution in [-0.4, -0.2) is 60.5 Å². The molecule has 0 N–H and O–H groups in total. The third-order valence-corrected chi connectivity index (χ3v) is 7.68. The molecule has 4 rings (SSSR count). The molecule has 1 aromatic carbocycles. The first-order valence-electron chi connectivity index (χ1n) is 11.1. The summed E-state index contributed by atoms with van der Waals surface area (Å²) in [6.07, 6.45) is 6.90. The van der Waals surface area contributed by atoms with Gasteiger partial charge in [0, 0.05) is 26.2 Å². The van der Waals surface area contributed by atoms with Crippen LogP contribution in [0.3, 0.4) is 0 Å². The van der Waals surface area contributed by atoms with Gasteiger partial charge >= 0.3 is 0 Å². The highest BCUT2D eigenvalue weighted by Gasteiger charge is 2.37. The summed E-state index contributed by atoms with van der Waals surface area (Å²) in [4.78, 5) is 22.4. The number of thiazole rings is 1. The van der Waals surface area contributed by atoms with E-state index in [-0.39, 0.29) is 5.91 Å². The Bertz CT molecular complexity index is 858. The van der Waals surface area contributed by atoms with Crippen molar-refractivity contribution in [1.82, 2.24) is 14.8 Å². The number of nitrogens with zero attached hydrogens (tertiary/aromatic N) is 3. The van der Waals surface area contributed by atoms with E-state index in [0.717, 1.165) is 68.4 Å². The molecular formula is C24H33N3O2S. The van der Waals surface area contributed by atoms with Gasteiger partial charge < -0.3 is 14.5 Å². The number of carbonyl (C=O) groups is 1. The second-order valence-electron chi connectivity index (χ2n) is 8.96. The van der Waals surface area contributed by atoms with Crippen molar-refractivity contribution in [1.29, 1.82) is 0 Å². The Hall–Kier alpha value is -1.92. The summed E-state index contributed by atoms with van der Waals surface area (Å²) in [7, 11) is 2.21. The molecule has 1 saturated heterocycles. The first kappa shape index (κ1) is 21.3. The second-order valence-corrected chi connectivity index (χ2v) is 9.81. The van der Waals surface area contributed by atoms with Gasteiger partial charge in [-0.15, -0.1) is 11.3 Å². The lowest BCUT2D eigenvalue weighted by atomic mass is 9.73. The quantitative estimate of drug-likeness (QED) is 0.676. The number of amides is 1. The zero-order chi connectivity index (χ0) is 21.0. The highest BCUT2D eigenvalue weighted by molar-refractivity contribution is 7.11. The Labute approximate surface area is 184 Å². The number of para-hydroxylation sites is 1. The summed E-state index contributed by atoms with van der Waals surface area (Å²) in [5.74, 6) is 1.21. The van der Waals surface area contributed by atoms with E-state index in [2.05, 4.69) is 41.2 Å². The number of likely N-dealkylation sites (tertiary alicyclic amines) is 1. The van der Waals surface area contributed by atoms with Crippen LogP contribution in [0, 0.1) is 12.3 Å². The van der Waals surface area contributed by atoms with Crippen molar-refractivity contribution in [2.45, 2.75) is 45.4 Å². The van der Waals surface area contributed by atoms with E-state index in [1.807, 2.05) is 11.8 Å². The lowest BCUT2D eigenvalue weighted by molar-refractivity contribution is 0.0427. The average molecular weight is 428 g/mol. The van der Waals surface area contributed by atoms with E-state index in [9.17, 15) is 4.79 Å². The largest absolute Gasteiger partial charge is 0.492 e. The van der Waals surface area contributed by atoms with E-state index < -0.39 is 0 Å². The van der Waals surface area contributed by atoms with Crippen LogP contribution in [0.1, 0.15) is 53.0 Å². The summed E-state index contributed by atoms with van der Waals surface area (Å²) in [6, 6.07) is 8.47. The normalized spacial score (nSPS) is 20.7. The Kier molecular flexibility index (Phi) is 6.74. The molecular weight excluding hydrogens is 394 g/mol. The SMILES string of the molecule is Cc1ncsc1C(=O)N1CCC2(CCCCc3ccccc3OCCN(C)C2)CC1. The Balaban J connectivity index is 1.41. The molecule has 0 radical (unpaired) electrons. The maximum atomic E-state index is 12.9. The predicted octanol–water partition coefficient (Wildman–Crippen LogP) is 4.41. The van der Waals surface area contributed by atoms with Crippen LogP contribution in [0.4, 0.5) is 0 Å². The smallest absolute Gasteiger partial charge is 0.265 e. The molecule has 5 nitrogen and oxygen atoms in total. The fraction of sp³-hybridized carbons (Fsp3) is 0.583. The molecule has 2 aromatic rings. The van der Waals surface area contributed by atoms with Gasteiger partial charge in [-0.2, -0.15) is 0 Å². The molecule has 0 saturated carbocycles. The highest BCUT2D eigenvalue weighted by Crippen LogP contribution is 2.38. The fourth-order valence-electron chi connectivity index (χ4n) is 4.95. The van der Waals surface area contributed by atoms with E-state index in [1.165, 1.54) is 36.2 Å². The molecule has 2 aliphatic rings. The van der Waals surface area contributed by atoms with Crippen molar-refractivity contribution in [3.63, 3.8) is 0 Å². The molecule has 0 unspecified atom stereocenters. The number of carbonyl (C=O) groups excluding carboxylic acids is 1. The number of fused-ring (bicyclic) bond motifs is 1.